The van der Waals surface area contributed by atoms with Crippen LogP contribution in [0.15, 0.2) is 45.8 Å². The van der Waals surface area contributed by atoms with Gasteiger partial charge in [-0.15, -0.1) is 0 Å². The normalized spacial score (nSPS) is 22.4. The number of ether oxygens (including phenoxy) is 1. The summed E-state index contributed by atoms with van der Waals surface area (Å²) in [5, 5.41) is 16.7. The molecular formula is C18H17FN8O2. The molecule has 0 spiro atoms. The van der Waals surface area contributed by atoms with Crippen LogP contribution in [-0.4, -0.2) is 39.9 Å². The Labute approximate surface area is 165 Å². The van der Waals surface area contributed by atoms with Crippen LogP contribution in [0, 0.1) is 11.5 Å². The molecule has 0 aliphatic carbocycles. The molecule has 10 nitrogen and oxygen atoms in total. The van der Waals surface area contributed by atoms with E-state index in [1.54, 1.807) is 29.5 Å². The van der Waals surface area contributed by atoms with Crippen molar-refractivity contribution < 1.29 is 13.7 Å². The second-order valence-electron chi connectivity index (χ2n) is 7.18. The molecule has 2 aromatic rings. The number of anilines is 2. The van der Waals surface area contributed by atoms with Crippen molar-refractivity contribution in [2.45, 2.75) is 32.0 Å². The zero-order chi connectivity index (χ0) is 20.3. The molecule has 1 aromatic carbocycles. The van der Waals surface area contributed by atoms with Crippen molar-refractivity contribution >= 4 is 18.0 Å². The Kier molecular flexibility index (Phi) is 3.56. The Morgan fingerprint density at radius 3 is 2.86 bits per heavy atom. The Hall–Kier alpha value is -3.65. The smallest absolute Gasteiger partial charge is 0.290 e. The minimum atomic E-state index is -1.66. The standard InChI is InChI=1S/C18H17FN8O2/c1-18(2,28-3)15-22-17(23-29-15)25-10-21-14-11-6-4-5-7-12(11)26-13(27(14)25)8-24(9-20)16(26)19/h4-8,10,14,16H,1-3H3. The predicted molar refractivity (Wildman–Crippen MR) is 99.2 cm³/mol. The van der Waals surface area contributed by atoms with Crippen molar-refractivity contribution in [3.05, 3.63) is 47.7 Å². The van der Waals surface area contributed by atoms with Crippen molar-refractivity contribution in [2.24, 2.45) is 4.99 Å². The molecule has 29 heavy (non-hydrogen) atoms. The van der Waals surface area contributed by atoms with Gasteiger partial charge in [0.1, 0.15) is 11.9 Å². The number of hydrogen-bond donors (Lipinski definition) is 0. The van der Waals surface area contributed by atoms with Crippen LogP contribution in [0.25, 0.3) is 0 Å². The van der Waals surface area contributed by atoms with Gasteiger partial charge in [0.05, 0.1) is 11.9 Å². The van der Waals surface area contributed by atoms with Crippen molar-refractivity contribution in [3.8, 4) is 6.19 Å². The number of aliphatic imine (C=N–C) groups is 1. The van der Waals surface area contributed by atoms with Gasteiger partial charge in [0.25, 0.3) is 18.3 Å². The van der Waals surface area contributed by atoms with Crippen LogP contribution in [0.2, 0.25) is 0 Å². The fourth-order valence-corrected chi connectivity index (χ4v) is 3.49. The maximum Gasteiger partial charge on any atom is 0.290 e. The average Bonchev–Trinajstić information content (AvgIpc) is 3.44. The molecule has 4 heterocycles. The van der Waals surface area contributed by atoms with E-state index in [9.17, 15) is 5.26 Å². The topological polar surface area (TPSA) is 97.3 Å². The highest BCUT2D eigenvalue weighted by Gasteiger charge is 2.49. The SMILES string of the molecule is COC(C)(C)c1nc(N2C=NC3c4ccccc4N4C(=CN(C#N)C4F)N32)no1. The van der Waals surface area contributed by atoms with Crippen LogP contribution < -0.4 is 9.91 Å². The van der Waals surface area contributed by atoms with E-state index in [0.29, 0.717) is 17.4 Å². The number of nitrogens with zero attached hydrogens (tertiary/aromatic N) is 8. The molecule has 0 bridgehead atoms. The minimum Gasteiger partial charge on any atom is -0.369 e. The molecule has 3 aliphatic rings. The summed E-state index contributed by atoms with van der Waals surface area (Å²) in [5.41, 5.74) is 0.682. The summed E-state index contributed by atoms with van der Waals surface area (Å²) in [5.74, 6) is 0.962. The molecular weight excluding hydrogens is 379 g/mol. The first-order chi connectivity index (χ1) is 14.0. The van der Waals surface area contributed by atoms with Crippen molar-refractivity contribution in [3.63, 3.8) is 0 Å². The zero-order valence-corrected chi connectivity index (χ0v) is 15.9. The van der Waals surface area contributed by atoms with E-state index in [-0.39, 0.29) is 5.95 Å². The van der Waals surface area contributed by atoms with Crippen LogP contribution in [0.5, 0.6) is 0 Å². The molecule has 2 unspecified atom stereocenters. The van der Waals surface area contributed by atoms with E-state index >= 15 is 4.39 Å². The van der Waals surface area contributed by atoms with Gasteiger partial charge in [-0.2, -0.15) is 14.6 Å². The van der Waals surface area contributed by atoms with Crippen LogP contribution in [0.3, 0.4) is 0 Å². The summed E-state index contributed by atoms with van der Waals surface area (Å²) in [6.07, 6.45) is 2.75. The van der Waals surface area contributed by atoms with E-state index in [2.05, 4.69) is 15.1 Å². The highest BCUT2D eigenvalue weighted by Crippen LogP contribution is 2.48. The molecule has 0 saturated heterocycles. The fourth-order valence-electron chi connectivity index (χ4n) is 3.49. The van der Waals surface area contributed by atoms with Gasteiger partial charge >= 0.3 is 0 Å². The largest absolute Gasteiger partial charge is 0.369 e. The number of rotatable bonds is 3. The van der Waals surface area contributed by atoms with Crippen LogP contribution in [-0.2, 0) is 10.3 Å². The van der Waals surface area contributed by atoms with Crippen LogP contribution in [0.1, 0.15) is 31.5 Å². The summed E-state index contributed by atoms with van der Waals surface area (Å²) in [4.78, 5) is 11.4. The number of halogens is 1. The summed E-state index contributed by atoms with van der Waals surface area (Å²) in [7, 11) is 1.55. The van der Waals surface area contributed by atoms with Gasteiger partial charge < -0.3 is 9.26 Å². The van der Waals surface area contributed by atoms with Crippen LogP contribution in [0.4, 0.5) is 16.0 Å². The Bertz CT molecular complexity index is 1070. The van der Waals surface area contributed by atoms with E-state index in [0.717, 1.165) is 10.5 Å². The molecule has 0 saturated carbocycles. The molecule has 0 radical (unpaired) electrons. The number of aromatic nitrogens is 2. The maximum atomic E-state index is 15.0. The van der Waals surface area contributed by atoms with Gasteiger partial charge in [0.15, 0.2) is 18.2 Å². The molecule has 11 heteroatoms. The van der Waals surface area contributed by atoms with Crippen molar-refractivity contribution in [1.82, 2.24) is 20.0 Å². The number of benzene rings is 1. The molecule has 148 valence electrons. The maximum absolute atomic E-state index is 15.0. The molecule has 5 rings (SSSR count). The highest BCUT2D eigenvalue weighted by atomic mass is 19.1. The number of fused-ring (bicyclic) bond motifs is 6. The lowest BCUT2D eigenvalue weighted by molar-refractivity contribution is -0.00786. The quantitative estimate of drug-likeness (QED) is 0.572. The molecule has 0 amide bonds. The lowest BCUT2D eigenvalue weighted by Gasteiger charge is -2.42. The first-order valence-electron chi connectivity index (χ1n) is 8.89. The van der Waals surface area contributed by atoms with E-state index in [1.165, 1.54) is 11.1 Å². The Morgan fingerprint density at radius 2 is 2.10 bits per heavy atom. The van der Waals surface area contributed by atoms with Gasteiger partial charge in [0, 0.05) is 12.7 Å². The Balaban J connectivity index is 1.60. The molecule has 0 fully saturated rings. The van der Waals surface area contributed by atoms with Gasteiger partial charge in [0.2, 0.25) is 0 Å². The fraction of sp³-hybridized carbons (Fsp3) is 0.333. The van der Waals surface area contributed by atoms with Gasteiger partial charge in [-0.25, -0.2) is 19.9 Å². The summed E-state index contributed by atoms with van der Waals surface area (Å²) >= 11 is 0. The molecule has 1 aromatic heterocycles. The number of para-hydroxylation sites is 1. The molecule has 3 aliphatic heterocycles. The van der Waals surface area contributed by atoms with Gasteiger partial charge in [-0.3, -0.25) is 4.90 Å². The lowest BCUT2D eigenvalue weighted by atomic mass is 10.1. The van der Waals surface area contributed by atoms with Crippen LogP contribution >= 0.6 is 0 Å². The van der Waals surface area contributed by atoms with Crippen molar-refractivity contribution in [1.29, 1.82) is 5.26 Å². The summed E-state index contributed by atoms with van der Waals surface area (Å²) in [6, 6.07) is 7.37. The highest BCUT2D eigenvalue weighted by molar-refractivity contribution is 5.80. The van der Waals surface area contributed by atoms with E-state index in [4.69, 9.17) is 9.26 Å². The third-order valence-corrected chi connectivity index (χ3v) is 5.20. The second kappa shape index (κ2) is 5.92. The van der Waals surface area contributed by atoms with E-state index in [1.807, 2.05) is 38.2 Å². The molecule has 0 N–H and O–H groups in total. The summed E-state index contributed by atoms with van der Waals surface area (Å²) < 4.78 is 25.8. The van der Waals surface area contributed by atoms with Gasteiger partial charge in [-0.05, 0) is 25.1 Å². The minimum absolute atomic E-state index is 0.224. The number of hydrogen-bond acceptors (Lipinski definition) is 10. The predicted octanol–water partition coefficient (Wildman–Crippen LogP) is 2.38. The lowest BCUT2D eigenvalue weighted by Crippen LogP contribution is -2.49. The summed E-state index contributed by atoms with van der Waals surface area (Å²) in [6.45, 7) is 3.62. The zero-order valence-electron chi connectivity index (χ0n) is 15.9. The first-order valence-corrected chi connectivity index (χ1v) is 8.89. The first kappa shape index (κ1) is 17.4. The number of nitriles is 1. The Morgan fingerprint density at radius 1 is 1.31 bits per heavy atom. The van der Waals surface area contributed by atoms with Crippen molar-refractivity contribution in [2.75, 3.05) is 17.0 Å². The third kappa shape index (κ3) is 2.32. The number of hydrazine groups is 1. The third-order valence-electron chi connectivity index (χ3n) is 5.20. The monoisotopic (exact) mass is 396 g/mol. The number of alkyl halides is 1. The van der Waals surface area contributed by atoms with Gasteiger partial charge in [-0.1, -0.05) is 18.2 Å². The number of methoxy groups -OCH3 is 1. The average molecular weight is 396 g/mol. The van der Waals surface area contributed by atoms with E-state index < -0.39 is 18.2 Å². The second-order valence-corrected chi connectivity index (χ2v) is 7.18. The molecule has 2 atom stereocenters.